The van der Waals surface area contributed by atoms with Gasteiger partial charge in [-0.05, 0) is 51.0 Å². The molecule has 0 spiro atoms. The molecule has 1 aliphatic carbocycles. The zero-order valence-electron chi connectivity index (χ0n) is 18.6. The van der Waals surface area contributed by atoms with Crippen LogP contribution in [0.4, 0.5) is 5.95 Å². The molecule has 0 bridgehead atoms. The Balaban J connectivity index is 1.49. The molecule has 1 amide bonds. The Morgan fingerprint density at radius 1 is 1.12 bits per heavy atom. The number of aliphatic hydroxyl groups is 1. The van der Waals surface area contributed by atoms with Crippen LogP contribution in [0.2, 0.25) is 0 Å². The van der Waals surface area contributed by atoms with Crippen molar-refractivity contribution < 1.29 is 9.90 Å². The Morgan fingerprint density at radius 2 is 2.00 bits per heavy atom. The number of likely N-dealkylation sites (tertiary alicyclic amines) is 1. The van der Waals surface area contributed by atoms with Crippen LogP contribution in [0.25, 0.3) is 11.3 Å². The summed E-state index contributed by atoms with van der Waals surface area (Å²) < 4.78 is 1.87. The molecule has 5 rings (SSSR count). The molecule has 0 unspecified atom stereocenters. The summed E-state index contributed by atoms with van der Waals surface area (Å²) in [4.78, 5) is 27.1. The molecule has 0 radical (unpaired) electrons. The van der Waals surface area contributed by atoms with Gasteiger partial charge in [0.15, 0.2) is 0 Å². The molecule has 3 aliphatic rings. The summed E-state index contributed by atoms with van der Waals surface area (Å²) in [5, 5.41) is 14.2. The van der Waals surface area contributed by atoms with Gasteiger partial charge in [0, 0.05) is 37.3 Å². The van der Waals surface area contributed by atoms with E-state index >= 15 is 0 Å². The topological polar surface area (TPSA) is 87.4 Å². The minimum Gasteiger partial charge on any atom is -0.394 e. The highest BCUT2D eigenvalue weighted by molar-refractivity contribution is 5.80. The van der Waals surface area contributed by atoms with Crippen LogP contribution in [0, 0.1) is 5.92 Å². The highest BCUT2D eigenvalue weighted by Crippen LogP contribution is 2.39. The second kappa shape index (κ2) is 9.40. The Labute approximate surface area is 189 Å². The van der Waals surface area contributed by atoms with Crippen LogP contribution in [0.3, 0.4) is 0 Å². The highest BCUT2D eigenvalue weighted by atomic mass is 16.3. The zero-order valence-corrected chi connectivity index (χ0v) is 18.6. The highest BCUT2D eigenvalue weighted by Gasteiger charge is 2.37. The molecule has 1 N–H and O–H groups in total. The van der Waals surface area contributed by atoms with E-state index in [4.69, 9.17) is 4.98 Å². The summed E-state index contributed by atoms with van der Waals surface area (Å²) in [5.41, 5.74) is 2.76. The number of aliphatic hydroxyl groups excluding tert-OH is 1. The van der Waals surface area contributed by atoms with Crippen molar-refractivity contribution in [2.24, 2.45) is 5.92 Å². The monoisotopic (exact) mass is 436 g/mol. The molecule has 4 heterocycles. The molecular formula is C24H32N6O2. The molecular weight excluding hydrogens is 404 g/mol. The summed E-state index contributed by atoms with van der Waals surface area (Å²) in [7, 11) is 0. The maximum Gasteiger partial charge on any atom is 0.226 e. The van der Waals surface area contributed by atoms with Gasteiger partial charge in [-0.1, -0.05) is 12.2 Å². The van der Waals surface area contributed by atoms with Crippen molar-refractivity contribution in [1.82, 2.24) is 24.6 Å². The van der Waals surface area contributed by atoms with E-state index in [2.05, 4.69) is 32.0 Å². The first-order valence-corrected chi connectivity index (χ1v) is 12.0. The molecule has 2 aromatic rings. The van der Waals surface area contributed by atoms with Gasteiger partial charge < -0.3 is 14.9 Å². The average molecular weight is 437 g/mol. The van der Waals surface area contributed by atoms with Crippen LogP contribution >= 0.6 is 0 Å². The molecule has 8 heteroatoms. The van der Waals surface area contributed by atoms with E-state index in [-0.39, 0.29) is 24.5 Å². The number of nitrogens with zero attached hydrogens (tertiary/aromatic N) is 6. The number of hydrogen-bond acceptors (Lipinski definition) is 6. The second-order valence-corrected chi connectivity index (χ2v) is 9.00. The molecule has 2 aliphatic heterocycles. The lowest BCUT2D eigenvalue weighted by Gasteiger charge is -2.30. The molecule has 2 aromatic heterocycles. The van der Waals surface area contributed by atoms with Gasteiger partial charge in [0.05, 0.1) is 36.8 Å². The van der Waals surface area contributed by atoms with E-state index in [1.807, 2.05) is 23.1 Å². The maximum atomic E-state index is 13.4. The summed E-state index contributed by atoms with van der Waals surface area (Å²) in [6.07, 6.45) is 14.9. The van der Waals surface area contributed by atoms with E-state index in [1.54, 1.807) is 0 Å². The first kappa shape index (κ1) is 21.1. The molecule has 8 nitrogen and oxygen atoms in total. The number of aromatic nitrogens is 4. The third-order valence-corrected chi connectivity index (χ3v) is 6.97. The summed E-state index contributed by atoms with van der Waals surface area (Å²) in [6.45, 7) is 3.16. The Morgan fingerprint density at radius 3 is 2.78 bits per heavy atom. The van der Waals surface area contributed by atoms with Crippen molar-refractivity contribution in [3.63, 3.8) is 0 Å². The summed E-state index contributed by atoms with van der Waals surface area (Å²) in [5.74, 6) is 1.08. The van der Waals surface area contributed by atoms with E-state index in [0.29, 0.717) is 6.54 Å². The second-order valence-electron chi connectivity index (χ2n) is 9.00. The number of hydrogen-bond donors (Lipinski definition) is 1. The quantitative estimate of drug-likeness (QED) is 0.701. The van der Waals surface area contributed by atoms with E-state index in [0.717, 1.165) is 74.6 Å². The largest absolute Gasteiger partial charge is 0.394 e. The Kier molecular flexibility index (Phi) is 6.21. The third kappa shape index (κ3) is 4.03. The van der Waals surface area contributed by atoms with Crippen LogP contribution in [-0.2, 0) is 11.3 Å². The van der Waals surface area contributed by atoms with Crippen LogP contribution in [-0.4, -0.2) is 61.9 Å². The predicted octanol–water partition coefficient (Wildman–Crippen LogP) is 2.95. The minimum absolute atomic E-state index is 0.00497. The van der Waals surface area contributed by atoms with E-state index in [1.165, 1.54) is 12.8 Å². The van der Waals surface area contributed by atoms with Crippen molar-refractivity contribution in [2.75, 3.05) is 31.1 Å². The molecule has 0 saturated carbocycles. The number of rotatable bonds is 6. The fourth-order valence-corrected chi connectivity index (χ4v) is 5.35. The predicted molar refractivity (Wildman–Crippen MR) is 122 cm³/mol. The molecule has 2 atom stereocenters. The number of carbonyl (C=O) groups excluding carboxylic acids is 1. The van der Waals surface area contributed by atoms with Gasteiger partial charge in [-0.15, -0.1) is 0 Å². The lowest BCUT2D eigenvalue weighted by atomic mass is 9.92. The molecule has 2 fully saturated rings. The van der Waals surface area contributed by atoms with Gasteiger partial charge in [-0.25, -0.2) is 9.97 Å². The van der Waals surface area contributed by atoms with Crippen molar-refractivity contribution in [3.05, 3.63) is 36.3 Å². The van der Waals surface area contributed by atoms with E-state index < -0.39 is 0 Å². The normalized spacial score (nSPS) is 23.3. The van der Waals surface area contributed by atoms with Crippen LogP contribution in [0.1, 0.15) is 56.7 Å². The first-order chi connectivity index (χ1) is 15.8. The lowest BCUT2D eigenvalue weighted by molar-refractivity contribution is -0.136. The van der Waals surface area contributed by atoms with Crippen molar-refractivity contribution in [2.45, 2.75) is 57.5 Å². The van der Waals surface area contributed by atoms with Gasteiger partial charge in [0.1, 0.15) is 0 Å². The number of carbonyl (C=O) groups is 1. The van der Waals surface area contributed by atoms with Gasteiger partial charge in [0.2, 0.25) is 11.9 Å². The van der Waals surface area contributed by atoms with Gasteiger partial charge >= 0.3 is 0 Å². The van der Waals surface area contributed by atoms with Gasteiger partial charge in [-0.3, -0.25) is 9.48 Å². The first-order valence-electron chi connectivity index (χ1n) is 12.0. The number of allylic oxidation sites excluding steroid dienone is 2. The average Bonchev–Trinajstić information content (AvgIpc) is 3.60. The standard InChI is InChI=1S/C24H32N6O2/c31-16-15-30-22(21-9-6-14-29(21)23(32)18-7-2-1-3-8-18)19(17-26-30)20-10-11-25-24(27-20)28-12-4-5-13-28/h1-2,10-11,17-18,21,31H,3-9,12-16H2/t18-,21+/m0/s1. The maximum absolute atomic E-state index is 13.4. The van der Waals surface area contributed by atoms with Gasteiger partial charge in [0.25, 0.3) is 0 Å². The SMILES string of the molecule is O=C([C@H]1CC=CCC1)N1CCC[C@@H]1c1c(-c2ccnc(N3CCCC3)n2)cnn1CCO. The Bertz CT molecular complexity index is 981. The molecule has 170 valence electrons. The lowest BCUT2D eigenvalue weighted by Crippen LogP contribution is -2.37. The molecule has 0 aromatic carbocycles. The smallest absolute Gasteiger partial charge is 0.226 e. The Hall–Kier alpha value is -2.74. The van der Waals surface area contributed by atoms with Crippen LogP contribution in [0.15, 0.2) is 30.6 Å². The van der Waals surface area contributed by atoms with Crippen LogP contribution < -0.4 is 4.90 Å². The van der Waals surface area contributed by atoms with E-state index in [9.17, 15) is 9.90 Å². The fourth-order valence-electron chi connectivity index (χ4n) is 5.35. The summed E-state index contributed by atoms with van der Waals surface area (Å²) in [6, 6.07) is 1.89. The summed E-state index contributed by atoms with van der Waals surface area (Å²) >= 11 is 0. The van der Waals surface area contributed by atoms with Crippen molar-refractivity contribution in [1.29, 1.82) is 0 Å². The molecule has 2 saturated heterocycles. The van der Waals surface area contributed by atoms with Crippen molar-refractivity contribution in [3.8, 4) is 11.3 Å². The zero-order chi connectivity index (χ0) is 21.9. The van der Waals surface area contributed by atoms with Crippen molar-refractivity contribution >= 4 is 11.9 Å². The van der Waals surface area contributed by atoms with Crippen LogP contribution in [0.5, 0.6) is 0 Å². The minimum atomic E-state index is -0.0392. The fraction of sp³-hybridized carbons (Fsp3) is 0.583. The number of anilines is 1. The number of amides is 1. The molecule has 32 heavy (non-hydrogen) atoms. The third-order valence-electron chi connectivity index (χ3n) is 6.97. The van der Waals surface area contributed by atoms with Gasteiger partial charge in [-0.2, -0.15) is 5.10 Å².